The molecule has 1 N–H and O–H groups in total. The van der Waals surface area contributed by atoms with Crippen LogP contribution in [0.25, 0.3) is 10.7 Å². The summed E-state index contributed by atoms with van der Waals surface area (Å²) >= 11 is 1.61. The van der Waals surface area contributed by atoms with Gasteiger partial charge in [0.05, 0.1) is 4.88 Å². The summed E-state index contributed by atoms with van der Waals surface area (Å²) in [5.74, 6) is 0.789. The Morgan fingerprint density at radius 1 is 1.72 bits per heavy atom. The molecule has 18 heavy (non-hydrogen) atoms. The zero-order valence-electron chi connectivity index (χ0n) is 10.2. The van der Waals surface area contributed by atoms with Crippen LogP contribution in [0.3, 0.4) is 0 Å². The summed E-state index contributed by atoms with van der Waals surface area (Å²) in [5.41, 5.74) is 0. The van der Waals surface area contributed by atoms with Crippen molar-refractivity contribution in [3.63, 3.8) is 0 Å². The molecule has 4 nitrogen and oxygen atoms in total. The summed E-state index contributed by atoms with van der Waals surface area (Å²) in [6.45, 7) is 5.92. The van der Waals surface area contributed by atoms with Crippen LogP contribution in [-0.4, -0.2) is 22.0 Å². The molecule has 2 aromatic rings. The van der Waals surface area contributed by atoms with Crippen molar-refractivity contribution in [1.29, 1.82) is 0 Å². The summed E-state index contributed by atoms with van der Waals surface area (Å²) in [7, 11) is 0. The number of hydrogen-bond donors (Lipinski definition) is 1. The predicted molar refractivity (Wildman–Crippen MR) is 73.5 cm³/mol. The van der Waals surface area contributed by atoms with Gasteiger partial charge >= 0.3 is 0 Å². The topological polar surface area (TPSA) is 46.9 Å². The fourth-order valence-electron chi connectivity index (χ4n) is 1.67. The van der Waals surface area contributed by atoms with Crippen LogP contribution in [0.15, 0.2) is 42.6 Å². The van der Waals surface area contributed by atoms with Crippen LogP contribution in [0.1, 0.15) is 13.0 Å². The van der Waals surface area contributed by atoms with Crippen molar-refractivity contribution in [2.45, 2.75) is 13.0 Å². The molecule has 0 aliphatic rings. The van der Waals surface area contributed by atoms with Crippen LogP contribution >= 0.6 is 11.3 Å². The van der Waals surface area contributed by atoms with Gasteiger partial charge in [0.1, 0.15) is 6.04 Å². The third kappa shape index (κ3) is 2.51. The van der Waals surface area contributed by atoms with E-state index < -0.39 is 0 Å². The quantitative estimate of drug-likeness (QED) is 0.840. The lowest BCUT2D eigenvalue weighted by Gasteiger charge is -2.15. The molecule has 2 rings (SSSR count). The lowest BCUT2D eigenvalue weighted by Crippen LogP contribution is -2.31. The molecule has 0 aliphatic carbocycles. The summed E-state index contributed by atoms with van der Waals surface area (Å²) in [5, 5.41) is 4.79. The van der Waals surface area contributed by atoms with E-state index in [1.54, 1.807) is 23.6 Å². The average Bonchev–Trinajstić information content (AvgIpc) is 3.03. The molecule has 0 fully saturated rings. The maximum atomic E-state index is 11.9. The number of imidazole rings is 1. The first kappa shape index (κ1) is 12.6. The van der Waals surface area contributed by atoms with Gasteiger partial charge in [-0.25, -0.2) is 4.98 Å². The van der Waals surface area contributed by atoms with Crippen molar-refractivity contribution in [1.82, 2.24) is 14.9 Å². The van der Waals surface area contributed by atoms with Gasteiger partial charge in [-0.2, -0.15) is 0 Å². The highest BCUT2D eigenvalue weighted by molar-refractivity contribution is 7.13. The van der Waals surface area contributed by atoms with Crippen molar-refractivity contribution in [2.75, 3.05) is 6.54 Å². The zero-order chi connectivity index (χ0) is 13.0. The fourth-order valence-corrected chi connectivity index (χ4v) is 2.39. The Kier molecular flexibility index (Phi) is 3.94. The zero-order valence-corrected chi connectivity index (χ0v) is 11.0. The number of thiophene rings is 1. The van der Waals surface area contributed by atoms with Crippen LogP contribution in [0.2, 0.25) is 0 Å². The van der Waals surface area contributed by atoms with E-state index in [2.05, 4.69) is 16.9 Å². The highest BCUT2D eigenvalue weighted by Crippen LogP contribution is 2.25. The van der Waals surface area contributed by atoms with E-state index in [1.807, 2.05) is 35.2 Å². The number of aromatic nitrogens is 2. The number of nitrogens with zero attached hydrogens (tertiary/aromatic N) is 2. The number of hydrogen-bond acceptors (Lipinski definition) is 3. The minimum atomic E-state index is -0.287. The molecule has 1 atom stereocenters. The smallest absolute Gasteiger partial charge is 0.243 e. The summed E-state index contributed by atoms with van der Waals surface area (Å²) in [6.07, 6.45) is 5.21. The third-order valence-electron chi connectivity index (χ3n) is 2.63. The molecule has 0 aliphatic heterocycles. The number of nitrogens with one attached hydrogen (secondary N) is 1. The minimum absolute atomic E-state index is 0.0364. The Balaban J connectivity index is 2.21. The van der Waals surface area contributed by atoms with E-state index in [4.69, 9.17) is 0 Å². The lowest BCUT2D eigenvalue weighted by atomic mass is 10.3. The highest BCUT2D eigenvalue weighted by atomic mass is 32.1. The maximum Gasteiger partial charge on any atom is 0.243 e. The lowest BCUT2D eigenvalue weighted by molar-refractivity contribution is -0.123. The van der Waals surface area contributed by atoms with Gasteiger partial charge < -0.3 is 9.88 Å². The van der Waals surface area contributed by atoms with Crippen molar-refractivity contribution >= 4 is 17.2 Å². The van der Waals surface area contributed by atoms with Crippen molar-refractivity contribution in [3.05, 3.63) is 42.6 Å². The third-order valence-corrected chi connectivity index (χ3v) is 3.49. The first-order valence-electron chi connectivity index (χ1n) is 5.69. The van der Waals surface area contributed by atoms with Gasteiger partial charge in [0.25, 0.3) is 0 Å². The molecule has 0 bridgehead atoms. The molecule has 5 heteroatoms. The Hall–Kier alpha value is -1.88. The molecular weight excluding hydrogens is 246 g/mol. The Labute approximate surface area is 110 Å². The van der Waals surface area contributed by atoms with Crippen molar-refractivity contribution in [3.8, 4) is 10.7 Å². The van der Waals surface area contributed by atoms with Gasteiger partial charge in [0.15, 0.2) is 5.82 Å². The molecule has 0 aromatic carbocycles. The van der Waals surface area contributed by atoms with Gasteiger partial charge in [-0.3, -0.25) is 4.79 Å². The van der Waals surface area contributed by atoms with Crippen LogP contribution in [0.4, 0.5) is 0 Å². The van der Waals surface area contributed by atoms with Gasteiger partial charge in [0, 0.05) is 18.9 Å². The molecule has 0 saturated heterocycles. The molecule has 1 unspecified atom stereocenters. The Bertz CT molecular complexity index is 530. The van der Waals surface area contributed by atoms with E-state index >= 15 is 0 Å². The first-order valence-corrected chi connectivity index (χ1v) is 6.57. The standard InChI is InChI=1S/C13H15N3OS/c1-3-6-15-13(17)10(2)16-8-7-14-12(16)11-5-4-9-18-11/h3-5,7-10H,1,6H2,2H3,(H,15,17). The molecular formula is C13H15N3OS. The molecule has 0 spiro atoms. The Morgan fingerprint density at radius 2 is 2.56 bits per heavy atom. The van der Waals surface area contributed by atoms with E-state index in [1.165, 1.54) is 0 Å². The summed E-state index contributed by atoms with van der Waals surface area (Å²) in [4.78, 5) is 17.3. The summed E-state index contributed by atoms with van der Waals surface area (Å²) in [6, 6.07) is 3.68. The first-order chi connectivity index (χ1) is 8.74. The van der Waals surface area contributed by atoms with Crippen LogP contribution in [0, 0.1) is 0 Å². The highest BCUT2D eigenvalue weighted by Gasteiger charge is 2.18. The monoisotopic (exact) mass is 261 g/mol. The number of amides is 1. The van der Waals surface area contributed by atoms with Gasteiger partial charge in [-0.1, -0.05) is 12.1 Å². The molecule has 2 aromatic heterocycles. The second-order valence-electron chi connectivity index (χ2n) is 3.85. The van der Waals surface area contributed by atoms with Crippen molar-refractivity contribution in [2.24, 2.45) is 0 Å². The van der Waals surface area contributed by atoms with Crippen LogP contribution < -0.4 is 5.32 Å². The number of carbonyl (C=O) groups is 1. The van der Waals surface area contributed by atoms with E-state index in [9.17, 15) is 4.79 Å². The average molecular weight is 261 g/mol. The fraction of sp³-hybridized carbons (Fsp3) is 0.231. The SMILES string of the molecule is C=CCNC(=O)C(C)n1ccnc1-c1cccs1. The molecule has 94 valence electrons. The second kappa shape index (κ2) is 5.64. The molecule has 0 saturated carbocycles. The maximum absolute atomic E-state index is 11.9. The summed E-state index contributed by atoms with van der Waals surface area (Å²) < 4.78 is 1.88. The van der Waals surface area contributed by atoms with E-state index in [0.29, 0.717) is 6.54 Å². The number of carbonyl (C=O) groups excluding carboxylic acids is 1. The van der Waals surface area contributed by atoms with Crippen LogP contribution in [-0.2, 0) is 4.79 Å². The molecule has 1 amide bonds. The minimum Gasteiger partial charge on any atom is -0.351 e. The Morgan fingerprint density at radius 3 is 3.22 bits per heavy atom. The van der Waals surface area contributed by atoms with E-state index in [-0.39, 0.29) is 11.9 Å². The predicted octanol–water partition coefficient (Wildman–Crippen LogP) is 2.47. The van der Waals surface area contributed by atoms with Gasteiger partial charge in [0.2, 0.25) is 5.91 Å². The van der Waals surface area contributed by atoms with Gasteiger partial charge in [-0.15, -0.1) is 17.9 Å². The van der Waals surface area contributed by atoms with E-state index in [0.717, 1.165) is 10.7 Å². The number of rotatable bonds is 5. The van der Waals surface area contributed by atoms with Crippen LogP contribution in [0.5, 0.6) is 0 Å². The largest absolute Gasteiger partial charge is 0.351 e. The van der Waals surface area contributed by atoms with Gasteiger partial charge in [-0.05, 0) is 18.4 Å². The van der Waals surface area contributed by atoms with Crippen molar-refractivity contribution < 1.29 is 4.79 Å². The molecule has 0 radical (unpaired) electrons. The molecule has 2 heterocycles. The normalized spacial score (nSPS) is 12.1. The second-order valence-corrected chi connectivity index (χ2v) is 4.79.